The van der Waals surface area contributed by atoms with Crippen LogP contribution in [0.5, 0.6) is 10.9 Å². The summed E-state index contributed by atoms with van der Waals surface area (Å²) in [5.74, 6) is 0.499. The Morgan fingerprint density at radius 3 is 2.69 bits per heavy atom. The SMILES string of the molecule is COc1ccccc1-c1cc(CCC#N)ncc1C(=O)Cc1nnc(OCc2ccc(Cl)cc2)s1. The van der Waals surface area contributed by atoms with E-state index < -0.39 is 0 Å². The van der Waals surface area contributed by atoms with Crippen LogP contribution >= 0.6 is 22.9 Å². The van der Waals surface area contributed by atoms with Gasteiger partial charge in [0.25, 0.3) is 5.19 Å². The minimum absolute atomic E-state index is 0.0589. The van der Waals surface area contributed by atoms with Crippen LogP contribution in [0.4, 0.5) is 0 Å². The Hall–Kier alpha value is -3.80. The Bertz CT molecular complexity index is 1370. The molecule has 0 amide bonds. The number of rotatable bonds is 10. The first-order valence-electron chi connectivity index (χ1n) is 10.8. The summed E-state index contributed by atoms with van der Waals surface area (Å²) in [5.41, 5.74) is 3.63. The third-order valence-electron chi connectivity index (χ3n) is 5.19. The number of para-hydroxylation sites is 1. The number of pyridine rings is 1. The highest BCUT2D eigenvalue weighted by Gasteiger charge is 2.19. The highest BCUT2D eigenvalue weighted by Crippen LogP contribution is 2.33. The van der Waals surface area contributed by atoms with Gasteiger partial charge in [-0.3, -0.25) is 9.78 Å². The van der Waals surface area contributed by atoms with Crippen molar-refractivity contribution in [3.05, 3.63) is 87.6 Å². The van der Waals surface area contributed by atoms with Crippen LogP contribution in [0.25, 0.3) is 11.1 Å². The smallest absolute Gasteiger partial charge is 0.294 e. The van der Waals surface area contributed by atoms with E-state index >= 15 is 0 Å². The van der Waals surface area contributed by atoms with Crippen LogP contribution in [0.3, 0.4) is 0 Å². The summed E-state index contributed by atoms with van der Waals surface area (Å²) >= 11 is 7.14. The van der Waals surface area contributed by atoms with Gasteiger partial charge in [0, 0.05) is 40.9 Å². The number of carbonyl (C=O) groups is 1. The van der Waals surface area contributed by atoms with E-state index in [0.717, 1.165) is 16.8 Å². The number of nitrogens with zero attached hydrogens (tertiary/aromatic N) is 4. The van der Waals surface area contributed by atoms with Gasteiger partial charge in [0.05, 0.1) is 19.6 Å². The molecular weight excluding hydrogens is 484 g/mol. The maximum absolute atomic E-state index is 13.3. The summed E-state index contributed by atoms with van der Waals surface area (Å²) in [5, 5.41) is 18.7. The molecule has 9 heteroatoms. The third-order valence-corrected chi connectivity index (χ3v) is 6.27. The van der Waals surface area contributed by atoms with Crippen molar-refractivity contribution in [3.63, 3.8) is 0 Å². The van der Waals surface area contributed by atoms with Gasteiger partial charge >= 0.3 is 0 Å². The molecule has 7 nitrogen and oxygen atoms in total. The number of ketones is 1. The molecule has 0 atom stereocenters. The molecule has 176 valence electrons. The van der Waals surface area contributed by atoms with Crippen molar-refractivity contribution in [2.45, 2.75) is 25.9 Å². The van der Waals surface area contributed by atoms with Crippen LogP contribution < -0.4 is 9.47 Å². The number of carbonyl (C=O) groups excluding carboxylic acids is 1. The molecular formula is C26H21ClN4O3S. The quantitative estimate of drug-likeness (QED) is 0.254. The first-order chi connectivity index (χ1) is 17.1. The van der Waals surface area contributed by atoms with Crippen molar-refractivity contribution in [1.29, 1.82) is 5.26 Å². The van der Waals surface area contributed by atoms with Crippen molar-refractivity contribution < 1.29 is 14.3 Å². The topological polar surface area (TPSA) is 98.0 Å². The van der Waals surface area contributed by atoms with E-state index in [1.165, 1.54) is 11.3 Å². The molecule has 4 rings (SSSR count). The summed E-state index contributed by atoms with van der Waals surface area (Å²) in [7, 11) is 1.59. The molecule has 0 unspecified atom stereocenters. The van der Waals surface area contributed by atoms with Crippen molar-refractivity contribution >= 4 is 28.7 Å². The fourth-order valence-electron chi connectivity index (χ4n) is 3.46. The van der Waals surface area contributed by atoms with Gasteiger partial charge in [-0.1, -0.05) is 53.3 Å². The van der Waals surface area contributed by atoms with Crippen LogP contribution in [0.15, 0.2) is 60.8 Å². The second-order valence-electron chi connectivity index (χ2n) is 7.56. The predicted molar refractivity (Wildman–Crippen MR) is 134 cm³/mol. The van der Waals surface area contributed by atoms with Crippen molar-refractivity contribution in [2.75, 3.05) is 7.11 Å². The third kappa shape index (κ3) is 6.21. The molecule has 0 saturated carbocycles. The normalized spacial score (nSPS) is 10.5. The molecule has 2 aromatic heterocycles. The van der Waals surface area contributed by atoms with E-state index in [-0.39, 0.29) is 12.2 Å². The molecule has 35 heavy (non-hydrogen) atoms. The van der Waals surface area contributed by atoms with Gasteiger partial charge in [-0.2, -0.15) is 5.26 Å². The number of benzene rings is 2. The number of nitriles is 1. The van der Waals surface area contributed by atoms with Crippen molar-refractivity contribution in [2.24, 2.45) is 0 Å². The fourth-order valence-corrected chi connectivity index (χ4v) is 4.27. The van der Waals surface area contributed by atoms with E-state index in [2.05, 4.69) is 21.3 Å². The van der Waals surface area contributed by atoms with Crippen molar-refractivity contribution in [1.82, 2.24) is 15.2 Å². The summed E-state index contributed by atoms with van der Waals surface area (Å²) in [4.78, 5) is 17.7. The largest absolute Gasteiger partial charge is 0.496 e. The van der Waals surface area contributed by atoms with Crippen LogP contribution in [0.2, 0.25) is 5.02 Å². The van der Waals surface area contributed by atoms with Crippen LogP contribution in [0, 0.1) is 11.3 Å². The molecule has 2 heterocycles. The zero-order chi connectivity index (χ0) is 24.6. The number of ether oxygens (including phenoxy) is 2. The van der Waals surface area contributed by atoms with Gasteiger partial charge in [-0.25, -0.2) is 0 Å². The highest BCUT2D eigenvalue weighted by molar-refractivity contribution is 7.13. The molecule has 0 saturated heterocycles. The van der Waals surface area contributed by atoms with Gasteiger partial charge in [-0.05, 0) is 35.4 Å². The monoisotopic (exact) mass is 504 g/mol. The first-order valence-corrected chi connectivity index (χ1v) is 12.0. The van der Waals surface area contributed by atoms with Crippen LogP contribution in [0.1, 0.15) is 33.0 Å². The van der Waals surface area contributed by atoms with Crippen molar-refractivity contribution in [3.8, 4) is 28.1 Å². The molecule has 2 aromatic carbocycles. The summed E-state index contributed by atoms with van der Waals surface area (Å²) in [6.07, 6.45) is 2.46. The van der Waals surface area contributed by atoms with Gasteiger partial charge in [0.2, 0.25) is 0 Å². The molecule has 0 fully saturated rings. The molecule has 0 aliphatic rings. The summed E-state index contributed by atoms with van der Waals surface area (Å²) in [6, 6.07) is 18.8. The number of halogens is 1. The number of aromatic nitrogens is 3. The first kappa shape index (κ1) is 24.3. The average molecular weight is 505 g/mol. The number of methoxy groups -OCH3 is 1. The molecule has 0 radical (unpaired) electrons. The summed E-state index contributed by atoms with van der Waals surface area (Å²) in [6.45, 7) is 0.325. The van der Waals surface area contributed by atoms with E-state index in [1.807, 2.05) is 42.5 Å². The van der Waals surface area contributed by atoms with E-state index in [4.69, 9.17) is 26.3 Å². The number of hydrogen-bond acceptors (Lipinski definition) is 8. The lowest BCUT2D eigenvalue weighted by molar-refractivity contribution is 0.0993. The Labute approximate surface area is 212 Å². The zero-order valence-electron chi connectivity index (χ0n) is 18.9. The lowest BCUT2D eigenvalue weighted by Gasteiger charge is -2.13. The van der Waals surface area contributed by atoms with Gasteiger partial charge in [-0.15, -0.1) is 10.2 Å². The second kappa shape index (κ2) is 11.6. The lowest BCUT2D eigenvalue weighted by Crippen LogP contribution is -2.08. The Morgan fingerprint density at radius 1 is 1.11 bits per heavy atom. The molecule has 4 aromatic rings. The Kier molecular flexibility index (Phi) is 8.03. The lowest BCUT2D eigenvalue weighted by atomic mass is 9.95. The average Bonchev–Trinajstić information content (AvgIpc) is 3.34. The molecule has 0 N–H and O–H groups in total. The maximum atomic E-state index is 13.3. The standard InChI is InChI=1S/C26H21ClN4O3S/c1-33-24-7-3-2-6-20(24)21-13-19(5-4-12-28)29-15-22(21)23(32)14-25-30-31-26(35-25)34-16-17-8-10-18(27)11-9-17/h2-3,6-11,13,15H,4-5,14,16H2,1H3. The minimum Gasteiger partial charge on any atom is -0.496 e. The highest BCUT2D eigenvalue weighted by atomic mass is 35.5. The molecule has 0 aliphatic heterocycles. The van der Waals surface area contributed by atoms with Gasteiger partial charge in [0.1, 0.15) is 17.4 Å². The zero-order valence-corrected chi connectivity index (χ0v) is 20.5. The number of hydrogen-bond donors (Lipinski definition) is 0. The Morgan fingerprint density at radius 2 is 1.91 bits per heavy atom. The van der Waals surface area contributed by atoms with E-state index in [9.17, 15) is 4.79 Å². The van der Waals surface area contributed by atoms with E-state index in [0.29, 0.717) is 51.5 Å². The Balaban J connectivity index is 1.54. The summed E-state index contributed by atoms with van der Waals surface area (Å²) < 4.78 is 11.2. The molecule has 0 spiro atoms. The van der Waals surface area contributed by atoms with Crippen LogP contribution in [-0.2, 0) is 19.4 Å². The number of aryl methyl sites for hydroxylation is 1. The maximum Gasteiger partial charge on any atom is 0.294 e. The molecule has 0 aliphatic carbocycles. The van der Waals surface area contributed by atoms with Gasteiger partial charge < -0.3 is 9.47 Å². The second-order valence-corrected chi connectivity index (χ2v) is 9.02. The minimum atomic E-state index is -0.148. The fraction of sp³-hybridized carbons (Fsp3) is 0.192. The molecule has 0 bridgehead atoms. The number of Topliss-reactive ketones (excluding diaryl/α,β-unsaturated/α-hetero) is 1. The van der Waals surface area contributed by atoms with Crippen LogP contribution in [-0.4, -0.2) is 28.1 Å². The van der Waals surface area contributed by atoms with Gasteiger partial charge in [0.15, 0.2) is 5.78 Å². The van der Waals surface area contributed by atoms with E-state index in [1.54, 1.807) is 25.4 Å². The predicted octanol–water partition coefficient (Wildman–Crippen LogP) is 5.72.